The number of rotatable bonds is 3. The molecule has 2 rings (SSSR count). The number of para-hydroxylation sites is 2. The number of hydrogen-bond acceptors (Lipinski definition) is 4. The van der Waals surface area contributed by atoms with Crippen molar-refractivity contribution in [2.24, 2.45) is 0 Å². The molecule has 2 aromatic rings. The average Bonchev–Trinajstić information content (AvgIpc) is 2.32. The zero-order valence-corrected chi connectivity index (χ0v) is 8.79. The molecule has 0 bridgehead atoms. The van der Waals surface area contributed by atoms with E-state index in [1.54, 1.807) is 24.3 Å². The first-order chi connectivity index (χ1) is 7.74. The van der Waals surface area contributed by atoms with Gasteiger partial charge >= 0.3 is 5.82 Å². The lowest BCUT2D eigenvalue weighted by Crippen LogP contribution is -2.28. The minimum atomic E-state index is 0.163. The van der Waals surface area contributed by atoms with Gasteiger partial charge in [-0.3, -0.25) is 0 Å². The van der Waals surface area contributed by atoms with Crippen LogP contribution in [-0.2, 0) is 11.2 Å². The van der Waals surface area contributed by atoms with Gasteiger partial charge in [-0.1, -0.05) is 17.0 Å². The molecule has 0 aliphatic carbocycles. The molecule has 0 aliphatic rings. The molecule has 0 N–H and O–H groups in total. The van der Waals surface area contributed by atoms with Crippen molar-refractivity contribution in [2.45, 2.75) is 6.42 Å². The van der Waals surface area contributed by atoms with Gasteiger partial charge in [0.25, 0.3) is 0 Å². The fourth-order valence-corrected chi connectivity index (χ4v) is 1.48. The Labute approximate surface area is 91.3 Å². The van der Waals surface area contributed by atoms with Crippen molar-refractivity contribution in [1.82, 2.24) is 9.94 Å². The molecule has 1 aromatic heterocycles. The van der Waals surface area contributed by atoms with E-state index in [9.17, 15) is 10.1 Å². The lowest BCUT2D eigenvalue weighted by atomic mass is 10.3. The molecule has 0 spiro atoms. The molecule has 6 heteroatoms. The van der Waals surface area contributed by atoms with Crippen LogP contribution in [0, 0.1) is 10.1 Å². The van der Waals surface area contributed by atoms with E-state index in [4.69, 9.17) is 4.74 Å². The number of nitrogens with zero attached hydrogens (tertiary/aromatic N) is 3. The normalized spacial score (nSPS) is 10.8. The van der Waals surface area contributed by atoms with E-state index < -0.39 is 0 Å². The molecule has 0 unspecified atom stereocenters. The van der Waals surface area contributed by atoms with Crippen LogP contribution in [0.3, 0.4) is 0 Å². The second-order valence-electron chi connectivity index (χ2n) is 3.32. The molecular formula is C10H11N3O3. The Hall–Kier alpha value is -1.95. The van der Waals surface area contributed by atoms with Crippen LogP contribution in [0.15, 0.2) is 24.3 Å². The Balaban J connectivity index is 2.61. The second kappa shape index (κ2) is 4.28. The van der Waals surface area contributed by atoms with E-state index in [0.717, 1.165) is 0 Å². The SMILES string of the molecule is COCCc1nn([O-])c2ccccc2[n+]1=O. The predicted molar refractivity (Wildman–Crippen MR) is 57.4 cm³/mol. The third kappa shape index (κ3) is 1.74. The summed E-state index contributed by atoms with van der Waals surface area (Å²) in [6, 6.07) is 6.54. The van der Waals surface area contributed by atoms with Crippen molar-refractivity contribution >= 4 is 11.0 Å². The van der Waals surface area contributed by atoms with Crippen molar-refractivity contribution in [2.75, 3.05) is 13.7 Å². The molecule has 0 atom stereocenters. The molecule has 0 saturated heterocycles. The van der Waals surface area contributed by atoms with Crippen LogP contribution in [0.5, 0.6) is 0 Å². The minimum Gasteiger partial charge on any atom is -0.772 e. The first-order valence-electron chi connectivity index (χ1n) is 4.84. The summed E-state index contributed by atoms with van der Waals surface area (Å²) in [7, 11) is 1.53. The summed E-state index contributed by atoms with van der Waals surface area (Å²) in [4.78, 5) is 12.3. The summed E-state index contributed by atoms with van der Waals surface area (Å²) < 4.78 is 5.52. The molecule has 1 heterocycles. The molecular weight excluding hydrogens is 210 g/mol. The summed E-state index contributed by atoms with van der Waals surface area (Å²) in [5.41, 5.74) is 0.581. The molecule has 0 saturated carbocycles. The maximum Gasteiger partial charge on any atom is 0.369 e. The van der Waals surface area contributed by atoms with Crippen LogP contribution in [0.4, 0.5) is 0 Å². The first kappa shape index (κ1) is 10.6. The highest BCUT2D eigenvalue weighted by atomic mass is 16.5. The summed E-state index contributed by atoms with van der Waals surface area (Å²) in [5.74, 6) is 0.163. The van der Waals surface area contributed by atoms with Gasteiger partial charge in [0.05, 0.1) is 18.1 Å². The quantitative estimate of drug-likeness (QED) is 0.707. The molecule has 0 fully saturated rings. The van der Waals surface area contributed by atoms with Crippen LogP contribution in [0.1, 0.15) is 5.82 Å². The van der Waals surface area contributed by atoms with Crippen LogP contribution >= 0.6 is 0 Å². The number of fused-ring (bicyclic) bond motifs is 1. The van der Waals surface area contributed by atoms with E-state index >= 15 is 0 Å². The molecule has 0 radical (unpaired) electrons. The fourth-order valence-electron chi connectivity index (χ4n) is 1.48. The van der Waals surface area contributed by atoms with Gasteiger partial charge in [0, 0.05) is 11.5 Å². The van der Waals surface area contributed by atoms with Gasteiger partial charge in [-0.2, -0.15) is 4.85 Å². The van der Waals surface area contributed by atoms with Crippen LogP contribution in [0.2, 0.25) is 0 Å². The highest BCUT2D eigenvalue weighted by Crippen LogP contribution is 2.06. The molecule has 84 valence electrons. The summed E-state index contributed by atoms with van der Waals surface area (Å²) in [6.45, 7) is 0.355. The van der Waals surface area contributed by atoms with Gasteiger partial charge in [0.2, 0.25) is 5.52 Å². The fraction of sp³-hybridized carbons (Fsp3) is 0.300. The number of aromatic nitrogens is 3. The lowest BCUT2D eigenvalue weighted by Gasteiger charge is -2.05. The standard InChI is InChI=1S/C10H11N3O3/c1-16-7-6-10-11-13(15)9-5-3-2-4-8(9)12(10)14/h2-5H,6-7H2,1H3. The van der Waals surface area contributed by atoms with Crippen molar-refractivity contribution in [3.63, 3.8) is 0 Å². The number of hydrogen-bond donors (Lipinski definition) is 0. The third-order valence-corrected chi connectivity index (χ3v) is 2.28. The topological polar surface area (TPSA) is 73.1 Å². The zero-order valence-electron chi connectivity index (χ0n) is 8.79. The van der Waals surface area contributed by atoms with Gasteiger partial charge < -0.3 is 9.94 Å². The van der Waals surface area contributed by atoms with E-state index in [0.29, 0.717) is 27.8 Å². The predicted octanol–water partition coefficient (Wildman–Crippen LogP) is 0.486. The van der Waals surface area contributed by atoms with E-state index in [1.165, 1.54) is 7.11 Å². The zero-order chi connectivity index (χ0) is 11.5. The van der Waals surface area contributed by atoms with Gasteiger partial charge in [-0.15, -0.1) is 0 Å². The first-order valence-corrected chi connectivity index (χ1v) is 4.84. The second-order valence-corrected chi connectivity index (χ2v) is 3.32. The Morgan fingerprint density at radius 2 is 2.25 bits per heavy atom. The third-order valence-electron chi connectivity index (χ3n) is 2.28. The van der Waals surface area contributed by atoms with E-state index in [2.05, 4.69) is 5.10 Å². The summed E-state index contributed by atoms with van der Waals surface area (Å²) >= 11 is 0. The average molecular weight is 221 g/mol. The Kier molecular flexibility index (Phi) is 2.82. The molecule has 0 amide bonds. The monoisotopic (exact) mass is 221 g/mol. The highest BCUT2D eigenvalue weighted by molar-refractivity contribution is 5.70. The lowest BCUT2D eigenvalue weighted by molar-refractivity contribution is -0.480. The van der Waals surface area contributed by atoms with Crippen LogP contribution in [0.25, 0.3) is 11.0 Å². The smallest absolute Gasteiger partial charge is 0.369 e. The molecule has 6 nitrogen and oxygen atoms in total. The van der Waals surface area contributed by atoms with Gasteiger partial charge in [0.1, 0.15) is 5.52 Å². The largest absolute Gasteiger partial charge is 0.772 e. The summed E-state index contributed by atoms with van der Waals surface area (Å²) in [5, 5.41) is 15.2. The van der Waals surface area contributed by atoms with Gasteiger partial charge in [-0.05, 0) is 12.1 Å². The number of methoxy groups -OCH3 is 1. The van der Waals surface area contributed by atoms with Crippen molar-refractivity contribution in [3.05, 3.63) is 40.2 Å². The minimum absolute atomic E-state index is 0.163. The van der Waals surface area contributed by atoms with Crippen molar-refractivity contribution < 1.29 is 9.16 Å². The maximum absolute atomic E-state index is 11.8. The van der Waals surface area contributed by atoms with Crippen LogP contribution in [-0.4, -0.2) is 23.7 Å². The Bertz CT molecular complexity index is 565. The Morgan fingerprint density at radius 1 is 1.50 bits per heavy atom. The number of benzene rings is 1. The van der Waals surface area contributed by atoms with Gasteiger partial charge in [0.15, 0.2) is 0 Å². The Morgan fingerprint density at radius 3 is 3.00 bits per heavy atom. The van der Waals surface area contributed by atoms with Crippen molar-refractivity contribution in [3.8, 4) is 0 Å². The maximum atomic E-state index is 11.8. The highest BCUT2D eigenvalue weighted by Gasteiger charge is 2.15. The molecule has 1 aromatic carbocycles. The van der Waals surface area contributed by atoms with E-state index in [1.807, 2.05) is 0 Å². The van der Waals surface area contributed by atoms with E-state index in [-0.39, 0.29) is 11.3 Å². The summed E-state index contributed by atoms with van der Waals surface area (Å²) in [6.07, 6.45) is 0.313. The van der Waals surface area contributed by atoms with Crippen molar-refractivity contribution in [1.29, 1.82) is 0 Å². The van der Waals surface area contributed by atoms with Crippen LogP contribution < -0.4 is 4.43 Å². The molecule has 16 heavy (non-hydrogen) atoms. The number of ether oxygens (including phenoxy) is 1. The molecule has 0 aliphatic heterocycles. The van der Waals surface area contributed by atoms with Gasteiger partial charge in [-0.25, -0.2) is 0 Å².